The molecule has 2 heterocycles. The molecule has 3 rings (SSSR count). The van der Waals surface area contributed by atoms with Gasteiger partial charge < -0.3 is 15.7 Å². The zero-order chi connectivity index (χ0) is 14.8. The quantitative estimate of drug-likeness (QED) is 0.788. The third-order valence-electron chi connectivity index (χ3n) is 3.65. The Morgan fingerprint density at radius 3 is 3.10 bits per heavy atom. The van der Waals surface area contributed by atoms with E-state index in [0.717, 1.165) is 36.3 Å². The van der Waals surface area contributed by atoms with Crippen molar-refractivity contribution in [2.24, 2.45) is 0 Å². The van der Waals surface area contributed by atoms with E-state index >= 15 is 0 Å². The largest absolute Gasteiger partial charge is 0.508 e. The Bertz CT molecular complexity index is 698. The number of amides is 1. The first-order chi connectivity index (χ1) is 10.1. The van der Waals surface area contributed by atoms with Gasteiger partial charge in [0, 0.05) is 24.5 Å². The minimum absolute atomic E-state index is 0.130. The van der Waals surface area contributed by atoms with E-state index in [9.17, 15) is 9.90 Å². The van der Waals surface area contributed by atoms with E-state index in [2.05, 4.69) is 15.6 Å². The number of nitrogens with zero attached hydrogens (tertiary/aromatic N) is 1. The number of pyridine rings is 1. The van der Waals surface area contributed by atoms with Crippen LogP contribution in [0, 0.1) is 6.92 Å². The highest BCUT2D eigenvalue weighted by molar-refractivity contribution is 6.04. The van der Waals surface area contributed by atoms with Gasteiger partial charge in [0.15, 0.2) is 0 Å². The monoisotopic (exact) mass is 283 g/mol. The molecule has 1 aromatic carbocycles. The lowest BCUT2D eigenvalue weighted by Crippen LogP contribution is -2.25. The Morgan fingerprint density at radius 2 is 2.24 bits per heavy atom. The number of aromatic hydroxyl groups is 1. The number of benzene rings is 1. The van der Waals surface area contributed by atoms with Crippen LogP contribution in [0.5, 0.6) is 5.75 Å². The van der Waals surface area contributed by atoms with Crippen molar-refractivity contribution in [2.75, 3.05) is 11.9 Å². The van der Waals surface area contributed by atoms with E-state index in [1.807, 2.05) is 13.0 Å². The number of nitrogens with one attached hydrogen (secondary N) is 2. The van der Waals surface area contributed by atoms with Gasteiger partial charge in [-0.25, -0.2) is 0 Å². The van der Waals surface area contributed by atoms with E-state index in [1.54, 1.807) is 24.4 Å². The van der Waals surface area contributed by atoms with Crippen LogP contribution in [0.4, 0.5) is 5.69 Å². The number of phenols is 1. The molecule has 0 fully saturated rings. The number of rotatable bonds is 2. The van der Waals surface area contributed by atoms with Crippen LogP contribution in [-0.4, -0.2) is 22.5 Å². The fraction of sp³-hybridized carbons (Fsp3) is 0.250. The molecule has 0 atom stereocenters. The highest BCUT2D eigenvalue weighted by atomic mass is 16.3. The summed E-state index contributed by atoms with van der Waals surface area (Å²) in [6, 6.07) is 6.81. The molecule has 1 amide bonds. The Kier molecular flexibility index (Phi) is 3.58. The molecular weight excluding hydrogens is 266 g/mol. The summed E-state index contributed by atoms with van der Waals surface area (Å²) in [6.45, 7) is 3.54. The number of carbonyl (C=O) groups excluding carboxylic acids is 1. The van der Waals surface area contributed by atoms with Gasteiger partial charge in [-0.2, -0.15) is 0 Å². The number of hydrogen-bond donors (Lipinski definition) is 3. The summed E-state index contributed by atoms with van der Waals surface area (Å²) in [5, 5.41) is 15.6. The molecule has 2 aromatic rings. The van der Waals surface area contributed by atoms with Gasteiger partial charge in [0.05, 0.1) is 11.3 Å². The van der Waals surface area contributed by atoms with E-state index in [4.69, 9.17) is 0 Å². The van der Waals surface area contributed by atoms with Crippen LogP contribution in [0.15, 0.2) is 30.5 Å². The predicted octanol–water partition coefficient (Wildman–Crippen LogP) is 1.99. The highest BCUT2D eigenvalue weighted by Gasteiger charge is 2.14. The minimum atomic E-state index is -0.211. The molecule has 1 aliphatic heterocycles. The first-order valence-corrected chi connectivity index (χ1v) is 6.93. The van der Waals surface area contributed by atoms with Crippen LogP contribution >= 0.6 is 0 Å². The van der Waals surface area contributed by atoms with Crippen LogP contribution in [0.25, 0.3) is 0 Å². The first kappa shape index (κ1) is 13.6. The lowest BCUT2D eigenvalue weighted by Gasteiger charge is -2.16. The second kappa shape index (κ2) is 5.54. The van der Waals surface area contributed by atoms with Crippen molar-refractivity contribution in [2.45, 2.75) is 19.9 Å². The lowest BCUT2D eigenvalue weighted by atomic mass is 10.0. The maximum Gasteiger partial charge on any atom is 0.257 e. The molecule has 1 aliphatic rings. The summed E-state index contributed by atoms with van der Waals surface area (Å²) >= 11 is 0. The van der Waals surface area contributed by atoms with Crippen LogP contribution in [0.2, 0.25) is 0 Å². The molecule has 0 unspecified atom stereocenters. The SMILES string of the molecule is Cc1ccc(O)cc1NC(=O)c1cnc2c(c1)CCNC2. The molecular formula is C16H17N3O2. The van der Waals surface area contributed by atoms with Crippen molar-refractivity contribution < 1.29 is 9.90 Å². The van der Waals surface area contributed by atoms with Gasteiger partial charge in [-0.3, -0.25) is 9.78 Å². The molecule has 0 saturated heterocycles. The molecule has 1 aromatic heterocycles. The molecule has 0 bridgehead atoms. The smallest absolute Gasteiger partial charge is 0.257 e. The third-order valence-corrected chi connectivity index (χ3v) is 3.65. The van der Waals surface area contributed by atoms with Crippen molar-refractivity contribution in [1.29, 1.82) is 0 Å². The summed E-state index contributed by atoms with van der Waals surface area (Å²) in [6.07, 6.45) is 2.48. The normalized spacial score (nSPS) is 13.6. The number of phenolic OH excluding ortho intramolecular Hbond substituents is 1. The van der Waals surface area contributed by atoms with Crippen molar-refractivity contribution >= 4 is 11.6 Å². The summed E-state index contributed by atoms with van der Waals surface area (Å²) in [5.74, 6) is -0.0805. The number of carbonyl (C=O) groups is 1. The van der Waals surface area contributed by atoms with E-state index < -0.39 is 0 Å². The maximum absolute atomic E-state index is 12.3. The summed E-state index contributed by atoms with van der Waals surface area (Å²) in [5.41, 5.74) is 4.18. The van der Waals surface area contributed by atoms with Gasteiger partial charge in [0.1, 0.15) is 5.75 Å². The molecule has 3 N–H and O–H groups in total. The van der Waals surface area contributed by atoms with Gasteiger partial charge in [-0.1, -0.05) is 6.07 Å². The van der Waals surface area contributed by atoms with Gasteiger partial charge in [0.25, 0.3) is 5.91 Å². The molecule has 0 saturated carbocycles. The predicted molar refractivity (Wildman–Crippen MR) is 80.4 cm³/mol. The molecule has 0 aliphatic carbocycles. The molecule has 21 heavy (non-hydrogen) atoms. The number of fused-ring (bicyclic) bond motifs is 1. The Labute approximate surface area is 123 Å². The van der Waals surface area contributed by atoms with E-state index in [-0.39, 0.29) is 11.7 Å². The first-order valence-electron chi connectivity index (χ1n) is 6.93. The molecule has 108 valence electrons. The van der Waals surface area contributed by atoms with Crippen LogP contribution in [-0.2, 0) is 13.0 Å². The average Bonchev–Trinajstić information content (AvgIpc) is 2.50. The van der Waals surface area contributed by atoms with Crippen molar-refractivity contribution in [3.63, 3.8) is 0 Å². The Hall–Kier alpha value is -2.40. The van der Waals surface area contributed by atoms with Crippen molar-refractivity contribution in [3.8, 4) is 5.75 Å². The van der Waals surface area contributed by atoms with E-state index in [1.165, 1.54) is 0 Å². The molecule has 0 radical (unpaired) electrons. The Balaban J connectivity index is 1.83. The molecule has 5 nitrogen and oxygen atoms in total. The zero-order valence-electron chi connectivity index (χ0n) is 11.8. The number of aryl methyl sites for hydroxylation is 1. The second-order valence-corrected chi connectivity index (χ2v) is 5.21. The second-order valence-electron chi connectivity index (χ2n) is 5.21. The fourth-order valence-electron chi connectivity index (χ4n) is 2.41. The van der Waals surface area contributed by atoms with Gasteiger partial charge in [-0.15, -0.1) is 0 Å². The fourth-order valence-corrected chi connectivity index (χ4v) is 2.41. The topological polar surface area (TPSA) is 74.2 Å². The number of anilines is 1. The molecule has 0 spiro atoms. The third kappa shape index (κ3) is 2.87. The van der Waals surface area contributed by atoms with Crippen molar-refractivity contribution in [3.05, 3.63) is 52.8 Å². The standard InChI is InChI=1S/C16H17N3O2/c1-10-2-3-13(20)7-14(10)19-16(21)12-6-11-4-5-17-9-15(11)18-8-12/h2-3,6-8,17,20H,4-5,9H2,1H3,(H,19,21). The Morgan fingerprint density at radius 1 is 1.38 bits per heavy atom. The van der Waals surface area contributed by atoms with Crippen LogP contribution < -0.4 is 10.6 Å². The van der Waals surface area contributed by atoms with Gasteiger partial charge in [-0.05, 0) is 43.1 Å². The minimum Gasteiger partial charge on any atom is -0.508 e. The number of aromatic nitrogens is 1. The maximum atomic E-state index is 12.3. The zero-order valence-corrected chi connectivity index (χ0v) is 11.8. The highest BCUT2D eigenvalue weighted by Crippen LogP contribution is 2.22. The summed E-state index contributed by atoms with van der Waals surface area (Å²) < 4.78 is 0. The van der Waals surface area contributed by atoms with Crippen LogP contribution in [0.1, 0.15) is 27.2 Å². The van der Waals surface area contributed by atoms with Crippen LogP contribution in [0.3, 0.4) is 0 Å². The summed E-state index contributed by atoms with van der Waals surface area (Å²) in [7, 11) is 0. The number of hydrogen-bond acceptors (Lipinski definition) is 4. The van der Waals surface area contributed by atoms with E-state index in [0.29, 0.717) is 11.3 Å². The summed E-state index contributed by atoms with van der Waals surface area (Å²) in [4.78, 5) is 16.7. The lowest BCUT2D eigenvalue weighted by molar-refractivity contribution is 0.102. The average molecular weight is 283 g/mol. The van der Waals surface area contributed by atoms with Crippen molar-refractivity contribution in [1.82, 2.24) is 10.3 Å². The molecule has 5 heteroatoms. The van der Waals surface area contributed by atoms with Gasteiger partial charge in [0.2, 0.25) is 0 Å². The van der Waals surface area contributed by atoms with Gasteiger partial charge >= 0.3 is 0 Å².